The van der Waals surface area contributed by atoms with Gasteiger partial charge in [0.25, 0.3) is 5.91 Å². The largest absolute Gasteiger partial charge is 0.496 e. The Hall–Kier alpha value is -4.90. The predicted octanol–water partition coefficient (Wildman–Crippen LogP) is 5.59. The van der Waals surface area contributed by atoms with Crippen molar-refractivity contribution in [1.82, 2.24) is 19.7 Å². The van der Waals surface area contributed by atoms with E-state index in [2.05, 4.69) is 10.3 Å². The van der Waals surface area contributed by atoms with Crippen molar-refractivity contribution >= 4 is 46.7 Å². The van der Waals surface area contributed by atoms with Crippen LogP contribution in [0.3, 0.4) is 0 Å². The molecule has 0 aliphatic carbocycles. The molecular weight excluding hydrogens is 720 g/mol. The smallest absolute Gasteiger partial charge is 0.490 e. The standard InChI is InChI=1S/C31H30Cl2N6O5.C2HF3O2/c1-31(2)16-43-5-4-38(31)30(41)28-24-15-44-26-11-25(42-3)22(17-6-20(14-35-13-17)36-27(40)12-34)10-23(26)29(24)39(37-28)21-8-18(32)7-19(33)9-21;3-2(4,5)1(6)7/h6-11,13-14H,4-5,12,15-16,34H2,1-3H3,(H,36,40);(H,6,7). The number of carboxylic acids is 1. The third kappa shape index (κ3) is 8.04. The molecule has 0 saturated carbocycles. The molecule has 0 atom stereocenters. The number of hydrogen-bond acceptors (Lipinski definition) is 9. The van der Waals surface area contributed by atoms with E-state index in [4.69, 9.17) is 58.1 Å². The minimum atomic E-state index is -5.08. The summed E-state index contributed by atoms with van der Waals surface area (Å²) in [4.78, 5) is 41.1. The number of nitrogens with zero attached hydrogens (tertiary/aromatic N) is 4. The Kier molecular flexibility index (Phi) is 10.8. The van der Waals surface area contributed by atoms with Gasteiger partial charge in [-0.15, -0.1) is 0 Å². The van der Waals surface area contributed by atoms with Crippen molar-refractivity contribution < 1.29 is 46.9 Å². The van der Waals surface area contributed by atoms with Crippen molar-refractivity contribution in [2.45, 2.75) is 32.2 Å². The zero-order valence-corrected chi connectivity index (χ0v) is 28.8. The highest BCUT2D eigenvalue weighted by Crippen LogP contribution is 2.46. The van der Waals surface area contributed by atoms with Crippen LogP contribution in [0.5, 0.6) is 11.5 Å². The number of methoxy groups -OCH3 is 1. The summed E-state index contributed by atoms with van der Waals surface area (Å²) in [5.74, 6) is -2.26. The molecule has 4 N–H and O–H groups in total. The molecule has 0 radical (unpaired) electrons. The van der Waals surface area contributed by atoms with Crippen molar-refractivity contribution in [3.05, 3.63) is 70.1 Å². The van der Waals surface area contributed by atoms with E-state index in [9.17, 15) is 22.8 Å². The Balaban J connectivity index is 0.000000654. The lowest BCUT2D eigenvalue weighted by molar-refractivity contribution is -0.192. The average Bonchev–Trinajstić information content (AvgIpc) is 3.47. The van der Waals surface area contributed by atoms with Gasteiger partial charge in [-0.3, -0.25) is 14.6 Å². The number of rotatable bonds is 6. The molecule has 4 aromatic rings. The van der Waals surface area contributed by atoms with Crippen molar-refractivity contribution in [3.63, 3.8) is 0 Å². The van der Waals surface area contributed by atoms with E-state index in [1.54, 1.807) is 53.2 Å². The quantitative estimate of drug-likeness (QED) is 0.226. The lowest BCUT2D eigenvalue weighted by atomic mass is 9.95. The van der Waals surface area contributed by atoms with E-state index in [0.717, 1.165) is 0 Å². The second-order valence-corrected chi connectivity index (χ2v) is 12.8. The molecule has 51 heavy (non-hydrogen) atoms. The fourth-order valence-corrected chi connectivity index (χ4v) is 6.04. The van der Waals surface area contributed by atoms with Gasteiger partial charge >= 0.3 is 12.1 Å². The number of pyridine rings is 1. The van der Waals surface area contributed by atoms with Crippen LogP contribution in [0.2, 0.25) is 10.0 Å². The summed E-state index contributed by atoms with van der Waals surface area (Å²) < 4.78 is 51.0. The summed E-state index contributed by atoms with van der Waals surface area (Å²) in [7, 11) is 1.56. The van der Waals surface area contributed by atoms with Crippen LogP contribution in [0.4, 0.5) is 18.9 Å². The first-order chi connectivity index (χ1) is 24.0. The zero-order chi connectivity index (χ0) is 37.2. The van der Waals surface area contributed by atoms with Crippen LogP contribution < -0.4 is 20.5 Å². The molecule has 0 bridgehead atoms. The van der Waals surface area contributed by atoms with Crippen molar-refractivity contribution in [2.75, 3.05) is 38.7 Å². The van der Waals surface area contributed by atoms with E-state index in [0.29, 0.717) is 80.6 Å². The van der Waals surface area contributed by atoms with E-state index in [1.807, 2.05) is 19.9 Å². The molecule has 2 aliphatic rings. The summed E-state index contributed by atoms with van der Waals surface area (Å²) in [5.41, 5.74) is 9.58. The number of amides is 2. The van der Waals surface area contributed by atoms with Gasteiger partial charge in [0.05, 0.1) is 55.7 Å². The molecule has 270 valence electrons. The highest BCUT2D eigenvalue weighted by molar-refractivity contribution is 6.34. The third-order valence-electron chi connectivity index (χ3n) is 7.86. The van der Waals surface area contributed by atoms with Crippen LogP contribution in [-0.4, -0.2) is 87.7 Å². The number of nitrogens with one attached hydrogen (secondary N) is 1. The summed E-state index contributed by atoms with van der Waals surface area (Å²) in [6, 6.07) is 10.6. The van der Waals surface area contributed by atoms with E-state index in [1.165, 1.54) is 6.20 Å². The number of carbonyl (C=O) groups excluding carboxylic acids is 2. The Bertz CT molecular complexity index is 1980. The summed E-state index contributed by atoms with van der Waals surface area (Å²) >= 11 is 12.8. The van der Waals surface area contributed by atoms with Gasteiger partial charge in [0.1, 0.15) is 18.1 Å². The molecule has 2 aromatic carbocycles. The Morgan fingerprint density at radius 1 is 1.08 bits per heavy atom. The number of carboxylic acid groups (broad SMARTS) is 1. The predicted molar refractivity (Wildman–Crippen MR) is 180 cm³/mol. The van der Waals surface area contributed by atoms with Crippen LogP contribution in [0.15, 0.2) is 48.8 Å². The lowest BCUT2D eigenvalue weighted by Crippen LogP contribution is -2.55. The average molecular weight is 752 g/mol. The zero-order valence-electron chi connectivity index (χ0n) is 27.3. The van der Waals surface area contributed by atoms with Crippen LogP contribution in [0, 0.1) is 0 Å². The van der Waals surface area contributed by atoms with Crippen LogP contribution in [0.25, 0.3) is 28.1 Å². The maximum absolute atomic E-state index is 14.1. The topological polar surface area (TPSA) is 171 Å². The number of aromatic nitrogens is 3. The molecule has 2 aliphatic heterocycles. The number of hydrogen-bond donors (Lipinski definition) is 3. The van der Waals surface area contributed by atoms with Gasteiger partial charge in [-0.05, 0) is 44.2 Å². The van der Waals surface area contributed by atoms with Crippen LogP contribution >= 0.6 is 23.2 Å². The van der Waals surface area contributed by atoms with Crippen molar-refractivity contribution in [2.24, 2.45) is 5.73 Å². The maximum Gasteiger partial charge on any atom is 0.490 e. The molecule has 0 spiro atoms. The molecule has 4 heterocycles. The first-order valence-electron chi connectivity index (χ1n) is 15.1. The maximum atomic E-state index is 14.1. The number of aliphatic carboxylic acids is 1. The van der Waals surface area contributed by atoms with Gasteiger partial charge < -0.3 is 35.3 Å². The van der Waals surface area contributed by atoms with Crippen LogP contribution in [0.1, 0.15) is 29.9 Å². The summed E-state index contributed by atoms with van der Waals surface area (Å²) in [6.45, 7) is 5.15. The number of alkyl halides is 3. The van der Waals surface area contributed by atoms with Gasteiger partial charge in [0.15, 0.2) is 5.69 Å². The molecule has 1 fully saturated rings. The number of benzene rings is 2. The van der Waals surface area contributed by atoms with Gasteiger partial charge in [0.2, 0.25) is 5.91 Å². The fourth-order valence-electron chi connectivity index (χ4n) is 5.52. The van der Waals surface area contributed by atoms with Crippen LogP contribution in [-0.2, 0) is 20.9 Å². The summed E-state index contributed by atoms with van der Waals surface area (Å²) in [6.07, 6.45) is -1.89. The van der Waals surface area contributed by atoms with Crippen molar-refractivity contribution in [1.29, 1.82) is 0 Å². The van der Waals surface area contributed by atoms with Gasteiger partial charge in [-0.1, -0.05) is 23.2 Å². The Labute approximate surface area is 299 Å². The molecule has 2 amide bonds. The number of fused-ring (bicyclic) bond motifs is 3. The number of morpholine rings is 1. The Morgan fingerprint density at radius 2 is 1.76 bits per heavy atom. The first kappa shape index (κ1) is 37.4. The normalized spacial score (nSPS) is 14.6. The van der Waals surface area contributed by atoms with Gasteiger partial charge in [-0.2, -0.15) is 18.3 Å². The fraction of sp³-hybridized carbons (Fsp3) is 0.303. The minimum absolute atomic E-state index is 0.104. The van der Waals surface area contributed by atoms with Crippen molar-refractivity contribution in [3.8, 4) is 39.6 Å². The summed E-state index contributed by atoms with van der Waals surface area (Å²) in [5, 5.41) is 15.6. The molecule has 13 nitrogen and oxygen atoms in total. The number of ether oxygens (including phenoxy) is 3. The highest BCUT2D eigenvalue weighted by atomic mass is 35.5. The second-order valence-electron chi connectivity index (χ2n) is 11.9. The number of nitrogens with two attached hydrogens (primary N) is 1. The first-order valence-corrected chi connectivity index (χ1v) is 15.9. The molecule has 2 aromatic heterocycles. The number of halogens is 5. The van der Waals surface area contributed by atoms with E-state index < -0.39 is 17.7 Å². The molecule has 1 saturated heterocycles. The monoisotopic (exact) mass is 750 g/mol. The van der Waals surface area contributed by atoms with Gasteiger partial charge in [0, 0.05) is 51.1 Å². The Morgan fingerprint density at radius 3 is 2.37 bits per heavy atom. The molecule has 18 heteroatoms. The molecule has 0 unspecified atom stereocenters. The minimum Gasteiger partial charge on any atom is -0.496 e. The highest BCUT2D eigenvalue weighted by Gasteiger charge is 2.40. The second kappa shape index (κ2) is 14.8. The van der Waals surface area contributed by atoms with E-state index in [-0.39, 0.29) is 30.7 Å². The lowest BCUT2D eigenvalue weighted by Gasteiger charge is -2.41. The third-order valence-corrected chi connectivity index (χ3v) is 8.29. The molecular formula is C33H31Cl2F3N6O7. The SMILES string of the molecule is COc1cc2c(cc1-c1cncc(NC(=O)CN)c1)-c1c(c(C(=O)N3CCOCC3(C)C)nn1-c1cc(Cl)cc(Cl)c1)CO2.O=C(O)C(F)(F)F. The number of carbonyl (C=O) groups is 3. The molecule has 6 rings (SSSR count). The number of anilines is 1. The van der Waals surface area contributed by atoms with Gasteiger partial charge in [-0.25, -0.2) is 9.48 Å². The van der Waals surface area contributed by atoms with E-state index >= 15 is 0 Å².